The van der Waals surface area contributed by atoms with E-state index in [0.29, 0.717) is 17.5 Å². The maximum Gasteiger partial charge on any atom is 0.273 e. The van der Waals surface area contributed by atoms with Crippen LogP contribution in [0.25, 0.3) is 0 Å². The van der Waals surface area contributed by atoms with Gasteiger partial charge in [-0.25, -0.2) is 0 Å². The highest BCUT2D eigenvalue weighted by atomic mass is 35.5. The van der Waals surface area contributed by atoms with Gasteiger partial charge in [0, 0.05) is 29.0 Å². The average molecular weight is 226 g/mol. The number of fused-ring (bicyclic) bond motifs is 1. The number of hydrogen-bond donors (Lipinski definition) is 0. The number of benzene rings is 1. The number of carbonyl (C=O) groups excluding carboxylic acids is 1. The Labute approximate surface area is 91.0 Å². The van der Waals surface area contributed by atoms with Crippen molar-refractivity contribution in [2.45, 2.75) is 18.2 Å². The zero-order valence-electron chi connectivity index (χ0n) is 7.77. The number of hydrogen-bond acceptors (Lipinski definition) is 3. The molecular weight excluding hydrogens is 218 g/mol. The Morgan fingerprint density at radius 2 is 2.13 bits per heavy atom. The fourth-order valence-corrected chi connectivity index (χ4v) is 2.12. The van der Waals surface area contributed by atoms with E-state index in [1.807, 2.05) is 0 Å². The van der Waals surface area contributed by atoms with Crippen LogP contribution in [0.3, 0.4) is 0 Å². The standard InChI is InChI=1S/C10H8ClNO3/c11-6-4-8-7(10(13)5-6)2-1-3-9(8)12(14)15/h1-3,6H,4-5H2. The molecule has 0 saturated carbocycles. The summed E-state index contributed by atoms with van der Waals surface area (Å²) in [6.07, 6.45) is 0.648. The van der Waals surface area contributed by atoms with Gasteiger partial charge in [0.05, 0.1) is 4.92 Å². The number of nitro benzene ring substituents is 1. The number of alkyl halides is 1. The Kier molecular flexibility index (Phi) is 2.44. The van der Waals surface area contributed by atoms with E-state index in [2.05, 4.69) is 0 Å². The quantitative estimate of drug-likeness (QED) is 0.419. The first-order chi connectivity index (χ1) is 7.09. The number of ketones is 1. The highest BCUT2D eigenvalue weighted by Gasteiger charge is 2.29. The second-order valence-electron chi connectivity index (χ2n) is 3.49. The summed E-state index contributed by atoms with van der Waals surface area (Å²) >= 11 is 5.87. The van der Waals surface area contributed by atoms with E-state index < -0.39 is 4.92 Å². The van der Waals surface area contributed by atoms with Crippen molar-refractivity contribution in [1.82, 2.24) is 0 Å². The number of nitro groups is 1. The maximum absolute atomic E-state index is 11.6. The Hall–Kier alpha value is -1.42. The van der Waals surface area contributed by atoms with Crippen LogP contribution in [0.15, 0.2) is 18.2 Å². The Morgan fingerprint density at radius 3 is 2.80 bits per heavy atom. The topological polar surface area (TPSA) is 60.2 Å². The lowest BCUT2D eigenvalue weighted by molar-refractivity contribution is -0.385. The molecular formula is C10H8ClNO3. The molecule has 0 aliphatic heterocycles. The molecule has 0 spiro atoms. The molecule has 4 nitrogen and oxygen atoms in total. The van der Waals surface area contributed by atoms with Crippen LogP contribution >= 0.6 is 11.6 Å². The minimum Gasteiger partial charge on any atom is -0.294 e. The third kappa shape index (κ3) is 1.72. The lowest BCUT2D eigenvalue weighted by atomic mass is 9.89. The molecule has 0 radical (unpaired) electrons. The van der Waals surface area contributed by atoms with Crippen molar-refractivity contribution in [2.24, 2.45) is 0 Å². The zero-order valence-corrected chi connectivity index (χ0v) is 8.53. The van der Waals surface area contributed by atoms with Crippen LogP contribution in [0, 0.1) is 10.1 Å². The molecule has 15 heavy (non-hydrogen) atoms. The predicted molar refractivity (Wildman–Crippen MR) is 55.4 cm³/mol. The summed E-state index contributed by atoms with van der Waals surface area (Å²) in [5.74, 6) is -0.111. The van der Waals surface area contributed by atoms with Gasteiger partial charge in [0.15, 0.2) is 5.78 Å². The van der Waals surface area contributed by atoms with Gasteiger partial charge in [-0.05, 0) is 6.42 Å². The van der Waals surface area contributed by atoms with E-state index in [1.165, 1.54) is 12.1 Å². The Morgan fingerprint density at radius 1 is 1.40 bits per heavy atom. The molecule has 0 saturated heterocycles. The number of rotatable bonds is 1. The molecule has 78 valence electrons. The molecule has 1 aromatic carbocycles. The van der Waals surface area contributed by atoms with Gasteiger partial charge in [0.1, 0.15) is 0 Å². The summed E-state index contributed by atoms with van der Waals surface area (Å²) in [6.45, 7) is 0. The smallest absolute Gasteiger partial charge is 0.273 e. The van der Waals surface area contributed by atoms with Crippen molar-refractivity contribution >= 4 is 23.1 Å². The van der Waals surface area contributed by atoms with E-state index in [4.69, 9.17) is 11.6 Å². The fourth-order valence-electron chi connectivity index (χ4n) is 1.83. The first-order valence-corrected chi connectivity index (χ1v) is 4.97. The molecule has 1 aliphatic carbocycles. The molecule has 1 aliphatic rings. The number of carbonyl (C=O) groups is 1. The summed E-state index contributed by atoms with van der Waals surface area (Å²) in [7, 11) is 0. The molecule has 0 heterocycles. The fraction of sp³-hybridized carbons (Fsp3) is 0.300. The average Bonchev–Trinajstić information content (AvgIpc) is 2.16. The summed E-state index contributed by atoms with van der Waals surface area (Å²) in [5, 5.41) is 10.4. The summed E-state index contributed by atoms with van der Waals surface area (Å²) < 4.78 is 0. The highest BCUT2D eigenvalue weighted by Crippen LogP contribution is 2.31. The van der Waals surface area contributed by atoms with Crippen LogP contribution in [-0.4, -0.2) is 16.1 Å². The number of halogens is 1. The molecule has 1 unspecified atom stereocenters. The largest absolute Gasteiger partial charge is 0.294 e. The summed E-state index contributed by atoms with van der Waals surface area (Å²) in [5.41, 5.74) is 0.908. The van der Waals surface area contributed by atoms with Crippen molar-refractivity contribution in [2.75, 3.05) is 0 Å². The van der Waals surface area contributed by atoms with Gasteiger partial charge in [-0.3, -0.25) is 14.9 Å². The lowest BCUT2D eigenvalue weighted by Crippen LogP contribution is -2.21. The van der Waals surface area contributed by atoms with E-state index in [9.17, 15) is 14.9 Å². The van der Waals surface area contributed by atoms with Gasteiger partial charge < -0.3 is 0 Å². The van der Waals surface area contributed by atoms with Crippen molar-refractivity contribution in [3.8, 4) is 0 Å². The monoisotopic (exact) mass is 225 g/mol. The van der Waals surface area contributed by atoms with Gasteiger partial charge in [0.2, 0.25) is 0 Å². The van der Waals surface area contributed by atoms with Gasteiger partial charge in [-0.15, -0.1) is 11.6 Å². The van der Waals surface area contributed by atoms with Crippen LogP contribution in [0.1, 0.15) is 22.3 Å². The van der Waals surface area contributed by atoms with Gasteiger partial charge in [-0.1, -0.05) is 12.1 Å². The third-order valence-electron chi connectivity index (χ3n) is 2.48. The van der Waals surface area contributed by atoms with Crippen LogP contribution < -0.4 is 0 Å². The first-order valence-electron chi connectivity index (χ1n) is 4.53. The maximum atomic E-state index is 11.6. The Balaban J connectivity index is 2.59. The van der Waals surface area contributed by atoms with Crippen molar-refractivity contribution in [3.63, 3.8) is 0 Å². The summed E-state index contributed by atoms with van der Waals surface area (Å²) in [6, 6.07) is 4.55. The van der Waals surface area contributed by atoms with Gasteiger partial charge >= 0.3 is 0 Å². The van der Waals surface area contributed by atoms with Crippen LogP contribution in [0.4, 0.5) is 5.69 Å². The second-order valence-corrected chi connectivity index (χ2v) is 4.11. The third-order valence-corrected chi connectivity index (χ3v) is 2.79. The molecule has 0 N–H and O–H groups in total. The predicted octanol–water partition coefficient (Wildman–Crippen LogP) is 2.33. The molecule has 0 amide bonds. The van der Waals surface area contributed by atoms with Crippen LogP contribution in [0.2, 0.25) is 0 Å². The summed E-state index contributed by atoms with van der Waals surface area (Å²) in [4.78, 5) is 21.8. The second kappa shape index (κ2) is 3.62. The Bertz CT molecular complexity index is 430. The van der Waals surface area contributed by atoms with Gasteiger partial charge in [-0.2, -0.15) is 0 Å². The number of Topliss-reactive ketones (excluding diaryl/α,β-unsaturated/α-hetero) is 1. The van der Waals surface area contributed by atoms with Crippen molar-refractivity contribution < 1.29 is 9.72 Å². The van der Waals surface area contributed by atoms with Crippen LogP contribution in [0.5, 0.6) is 0 Å². The van der Waals surface area contributed by atoms with E-state index in [-0.39, 0.29) is 23.3 Å². The van der Waals surface area contributed by atoms with Crippen molar-refractivity contribution in [1.29, 1.82) is 0 Å². The minimum absolute atomic E-state index is 0.00815. The molecule has 0 aromatic heterocycles. The normalized spacial score (nSPS) is 19.8. The first kappa shape index (κ1) is 10.1. The SMILES string of the molecule is O=C1CC(Cl)Cc2c1cccc2[N+](=O)[O-]. The lowest BCUT2D eigenvalue weighted by Gasteiger charge is -2.18. The van der Waals surface area contributed by atoms with E-state index >= 15 is 0 Å². The van der Waals surface area contributed by atoms with E-state index in [1.54, 1.807) is 6.07 Å². The van der Waals surface area contributed by atoms with Gasteiger partial charge in [0.25, 0.3) is 5.69 Å². The molecule has 2 rings (SSSR count). The van der Waals surface area contributed by atoms with Crippen molar-refractivity contribution in [3.05, 3.63) is 39.4 Å². The molecule has 5 heteroatoms. The highest BCUT2D eigenvalue weighted by molar-refractivity contribution is 6.23. The van der Waals surface area contributed by atoms with Crippen LogP contribution in [-0.2, 0) is 6.42 Å². The zero-order chi connectivity index (χ0) is 11.0. The minimum atomic E-state index is -0.471. The molecule has 0 bridgehead atoms. The molecule has 0 fully saturated rings. The van der Waals surface area contributed by atoms with E-state index in [0.717, 1.165) is 0 Å². The number of nitrogens with zero attached hydrogens (tertiary/aromatic N) is 1. The molecule has 1 aromatic rings. The molecule has 1 atom stereocenters.